The average Bonchev–Trinajstić information content (AvgIpc) is 2.98. The molecule has 0 atom stereocenters. The van der Waals surface area contributed by atoms with Gasteiger partial charge >= 0.3 is 6.09 Å². The van der Waals surface area contributed by atoms with Gasteiger partial charge in [0.25, 0.3) is 5.91 Å². The van der Waals surface area contributed by atoms with Gasteiger partial charge in [0.05, 0.1) is 4.88 Å². The lowest BCUT2D eigenvalue weighted by Gasteiger charge is -2.33. The van der Waals surface area contributed by atoms with Gasteiger partial charge < -0.3 is 14.5 Å². The molecule has 1 fully saturated rings. The Bertz CT molecular complexity index is 450. The van der Waals surface area contributed by atoms with Crippen LogP contribution in [0.1, 0.15) is 9.67 Å². The minimum absolute atomic E-state index is 0.0362. The van der Waals surface area contributed by atoms with Gasteiger partial charge in [-0.2, -0.15) is 0 Å². The van der Waals surface area contributed by atoms with Crippen molar-refractivity contribution in [3.63, 3.8) is 0 Å². The van der Waals surface area contributed by atoms with Gasteiger partial charge in [0, 0.05) is 26.2 Å². The van der Waals surface area contributed by atoms with Gasteiger partial charge in [-0.05, 0) is 11.4 Å². The molecule has 1 aliphatic rings. The highest BCUT2D eigenvalue weighted by Crippen LogP contribution is 2.14. The minimum atomic E-state index is -0.344. The summed E-state index contributed by atoms with van der Waals surface area (Å²) >= 11 is 1.44. The molecular weight excluding hydrogens is 264 g/mol. The molecule has 2 rings (SSSR count). The van der Waals surface area contributed by atoms with E-state index >= 15 is 0 Å². The number of hydrogen-bond acceptors (Lipinski definition) is 4. The first kappa shape index (κ1) is 13.6. The summed E-state index contributed by atoms with van der Waals surface area (Å²) in [6.07, 6.45) is 1.19. The normalized spacial score (nSPS) is 15.2. The first-order chi connectivity index (χ1) is 9.22. The van der Waals surface area contributed by atoms with Crippen LogP contribution in [0, 0.1) is 0 Å². The molecule has 0 bridgehead atoms. The number of carbonyl (C=O) groups excluding carboxylic acids is 2. The number of nitrogens with zero attached hydrogens (tertiary/aromatic N) is 2. The fraction of sp³-hybridized carbons (Fsp3) is 0.385. The smallest absolute Gasteiger partial charge is 0.410 e. The van der Waals surface area contributed by atoms with Crippen molar-refractivity contribution in [3.05, 3.63) is 35.0 Å². The maximum atomic E-state index is 12.1. The molecule has 2 amide bonds. The number of carbonyl (C=O) groups is 2. The third-order valence-electron chi connectivity index (χ3n) is 2.88. The number of hydrogen-bond donors (Lipinski definition) is 0. The summed E-state index contributed by atoms with van der Waals surface area (Å²) in [7, 11) is 0. The predicted molar refractivity (Wildman–Crippen MR) is 73.3 cm³/mol. The summed E-state index contributed by atoms with van der Waals surface area (Å²) in [6, 6.07) is 3.68. The van der Waals surface area contributed by atoms with Crippen LogP contribution in [0.25, 0.3) is 0 Å². The van der Waals surface area contributed by atoms with Crippen molar-refractivity contribution in [3.8, 4) is 0 Å². The summed E-state index contributed by atoms with van der Waals surface area (Å²) in [5, 5.41) is 1.89. The molecule has 0 spiro atoms. The Morgan fingerprint density at radius 2 is 2.00 bits per heavy atom. The van der Waals surface area contributed by atoms with E-state index < -0.39 is 0 Å². The zero-order chi connectivity index (χ0) is 13.7. The average molecular weight is 280 g/mol. The Hall–Kier alpha value is -1.82. The van der Waals surface area contributed by atoms with Gasteiger partial charge in [0.2, 0.25) is 0 Å². The van der Waals surface area contributed by atoms with Crippen LogP contribution in [0.3, 0.4) is 0 Å². The van der Waals surface area contributed by atoms with Crippen LogP contribution in [-0.2, 0) is 4.74 Å². The van der Waals surface area contributed by atoms with Gasteiger partial charge in [0.1, 0.15) is 6.61 Å². The fourth-order valence-electron chi connectivity index (χ4n) is 1.87. The Morgan fingerprint density at radius 1 is 1.32 bits per heavy atom. The number of ether oxygens (including phenoxy) is 1. The molecule has 5 nitrogen and oxygen atoms in total. The van der Waals surface area contributed by atoms with E-state index in [2.05, 4.69) is 6.58 Å². The lowest BCUT2D eigenvalue weighted by Crippen LogP contribution is -2.50. The zero-order valence-corrected chi connectivity index (χ0v) is 11.4. The SMILES string of the molecule is C=CCOC(=O)N1CCN(C(=O)c2cccs2)CC1. The van der Waals surface area contributed by atoms with Gasteiger partial charge in [-0.25, -0.2) is 4.79 Å². The zero-order valence-electron chi connectivity index (χ0n) is 10.6. The molecule has 102 valence electrons. The van der Waals surface area contributed by atoms with Crippen molar-refractivity contribution in [1.82, 2.24) is 9.80 Å². The van der Waals surface area contributed by atoms with E-state index in [1.165, 1.54) is 17.4 Å². The van der Waals surface area contributed by atoms with Gasteiger partial charge in [-0.3, -0.25) is 4.79 Å². The summed E-state index contributed by atoms with van der Waals surface area (Å²) in [5.41, 5.74) is 0. The Kier molecular flexibility index (Phi) is 4.57. The van der Waals surface area contributed by atoms with E-state index in [4.69, 9.17) is 4.74 Å². The van der Waals surface area contributed by atoms with Crippen LogP contribution in [-0.4, -0.2) is 54.6 Å². The Morgan fingerprint density at radius 3 is 2.58 bits per heavy atom. The molecule has 0 radical (unpaired) electrons. The molecule has 1 saturated heterocycles. The molecule has 6 heteroatoms. The summed E-state index contributed by atoms with van der Waals surface area (Å²) in [6.45, 7) is 5.81. The third-order valence-corrected chi connectivity index (χ3v) is 3.74. The van der Waals surface area contributed by atoms with Crippen LogP contribution in [0.4, 0.5) is 4.79 Å². The van der Waals surface area contributed by atoms with E-state index in [0.29, 0.717) is 26.2 Å². The van der Waals surface area contributed by atoms with Crippen molar-refractivity contribution in [1.29, 1.82) is 0 Å². The highest BCUT2D eigenvalue weighted by molar-refractivity contribution is 7.12. The highest BCUT2D eigenvalue weighted by atomic mass is 32.1. The van der Waals surface area contributed by atoms with E-state index in [1.54, 1.807) is 9.80 Å². The van der Waals surface area contributed by atoms with Crippen LogP contribution in [0.2, 0.25) is 0 Å². The standard InChI is InChI=1S/C13H16N2O3S/c1-2-9-18-13(17)15-7-5-14(6-8-15)12(16)11-4-3-10-19-11/h2-4,10H,1,5-9H2. The van der Waals surface area contributed by atoms with Crippen molar-refractivity contribution >= 4 is 23.3 Å². The minimum Gasteiger partial charge on any atom is -0.445 e. The van der Waals surface area contributed by atoms with Crippen molar-refractivity contribution in [2.24, 2.45) is 0 Å². The molecule has 0 saturated carbocycles. The van der Waals surface area contributed by atoms with Crippen molar-refractivity contribution in [2.45, 2.75) is 0 Å². The van der Waals surface area contributed by atoms with Crippen molar-refractivity contribution < 1.29 is 14.3 Å². The number of amides is 2. The molecule has 0 unspecified atom stereocenters. The highest BCUT2D eigenvalue weighted by Gasteiger charge is 2.25. The number of piperazine rings is 1. The van der Waals surface area contributed by atoms with E-state index in [-0.39, 0.29) is 18.6 Å². The maximum absolute atomic E-state index is 12.1. The Labute approximate surface area is 116 Å². The second-order valence-electron chi connectivity index (χ2n) is 4.12. The molecule has 0 N–H and O–H groups in total. The molecule has 19 heavy (non-hydrogen) atoms. The van der Waals surface area contributed by atoms with Crippen LogP contribution in [0.15, 0.2) is 30.2 Å². The molecule has 1 aromatic heterocycles. The molecule has 0 aliphatic carbocycles. The largest absolute Gasteiger partial charge is 0.445 e. The first-order valence-corrected chi connectivity index (χ1v) is 6.95. The van der Waals surface area contributed by atoms with E-state index in [0.717, 1.165) is 4.88 Å². The maximum Gasteiger partial charge on any atom is 0.410 e. The molecule has 2 heterocycles. The number of rotatable bonds is 3. The van der Waals surface area contributed by atoms with E-state index in [9.17, 15) is 9.59 Å². The van der Waals surface area contributed by atoms with Crippen LogP contribution in [0.5, 0.6) is 0 Å². The van der Waals surface area contributed by atoms with Crippen LogP contribution >= 0.6 is 11.3 Å². The molecule has 0 aromatic carbocycles. The topological polar surface area (TPSA) is 49.9 Å². The summed E-state index contributed by atoms with van der Waals surface area (Å²) < 4.78 is 4.97. The lowest BCUT2D eigenvalue weighted by molar-refractivity contribution is 0.0584. The monoisotopic (exact) mass is 280 g/mol. The molecule has 1 aliphatic heterocycles. The second kappa shape index (κ2) is 6.38. The third kappa shape index (κ3) is 3.35. The van der Waals surface area contributed by atoms with E-state index in [1.807, 2.05) is 17.5 Å². The fourth-order valence-corrected chi connectivity index (χ4v) is 2.56. The lowest BCUT2D eigenvalue weighted by atomic mass is 10.3. The van der Waals surface area contributed by atoms with Gasteiger partial charge in [-0.15, -0.1) is 11.3 Å². The summed E-state index contributed by atoms with van der Waals surface area (Å²) in [4.78, 5) is 27.8. The van der Waals surface area contributed by atoms with Gasteiger partial charge in [0.15, 0.2) is 0 Å². The number of thiophene rings is 1. The molecule has 1 aromatic rings. The molecular formula is C13H16N2O3S. The summed E-state index contributed by atoms with van der Waals surface area (Å²) in [5.74, 6) is 0.0362. The first-order valence-electron chi connectivity index (χ1n) is 6.07. The second-order valence-corrected chi connectivity index (χ2v) is 5.07. The van der Waals surface area contributed by atoms with Gasteiger partial charge in [-0.1, -0.05) is 18.7 Å². The predicted octanol–water partition coefficient (Wildman–Crippen LogP) is 1.83. The Balaban J connectivity index is 1.84. The quantitative estimate of drug-likeness (QED) is 0.794. The van der Waals surface area contributed by atoms with Crippen LogP contribution < -0.4 is 0 Å². The van der Waals surface area contributed by atoms with Crippen molar-refractivity contribution in [2.75, 3.05) is 32.8 Å².